The minimum atomic E-state index is -1.95. The molecular weight excluding hydrogens is 408 g/mol. The van der Waals surface area contributed by atoms with Gasteiger partial charge in [0.2, 0.25) is 17.1 Å². The van der Waals surface area contributed by atoms with Crippen LogP contribution in [0.4, 0.5) is 0 Å². The molecule has 31 heavy (non-hydrogen) atoms. The first-order chi connectivity index (χ1) is 15.0. The summed E-state index contributed by atoms with van der Waals surface area (Å²) in [6.07, 6.45) is 1.26. The van der Waals surface area contributed by atoms with Crippen molar-refractivity contribution < 1.29 is 9.47 Å². The van der Waals surface area contributed by atoms with Crippen molar-refractivity contribution in [3.8, 4) is 18.2 Å². The third-order valence-electron chi connectivity index (χ3n) is 6.43. The maximum atomic E-state index is 10.4. The molecule has 7 heteroatoms. The second-order valence-electron chi connectivity index (χ2n) is 7.65. The largest absolute Gasteiger partial charge is 0.443 e. The smallest absolute Gasteiger partial charge is 0.244 e. The average Bonchev–Trinajstić information content (AvgIpc) is 3.03. The van der Waals surface area contributed by atoms with Gasteiger partial charge in [0.05, 0.1) is 24.1 Å². The molecule has 0 aliphatic carbocycles. The van der Waals surface area contributed by atoms with Gasteiger partial charge in [0, 0.05) is 10.5 Å². The standard InChI is InChI=1S/C24H20N4O2S/c1-3-19-23(15-27)21(28)30-24(19,17-7-5-4-6-8-17)29-20(22(23,13-25)14-26)16-9-11-18(31-2)12-10-16/h4-12,19-20,28H,3H2,1-2H3. The summed E-state index contributed by atoms with van der Waals surface area (Å²) in [5.41, 5.74) is -2.48. The van der Waals surface area contributed by atoms with Crippen LogP contribution < -0.4 is 0 Å². The minimum Gasteiger partial charge on any atom is -0.443 e. The molecule has 0 aromatic heterocycles. The van der Waals surface area contributed by atoms with E-state index in [1.165, 1.54) is 0 Å². The first-order valence-corrected chi connectivity index (χ1v) is 11.1. The molecule has 2 bridgehead atoms. The zero-order valence-electron chi connectivity index (χ0n) is 17.1. The number of nitrogens with one attached hydrogen (secondary N) is 1. The molecular formula is C24H20N4O2S. The van der Waals surface area contributed by atoms with Gasteiger partial charge in [-0.05, 0) is 30.4 Å². The van der Waals surface area contributed by atoms with Gasteiger partial charge in [0.1, 0.15) is 6.10 Å². The number of nitrogens with zero attached hydrogens (tertiary/aromatic N) is 3. The number of ether oxygens (including phenoxy) is 2. The number of rotatable bonds is 4. The van der Waals surface area contributed by atoms with Gasteiger partial charge >= 0.3 is 0 Å². The SMILES string of the molecule is CCC1C2(c3ccccc3)OC(=N)C1(C#N)C(C#N)(C#N)C(c1ccc(SC)cc1)O2. The number of fused-ring (bicyclic) bond motifs is 2. The van der Waals surface area contributed by atoms with E-state index in [0.717, 1.165) is 4.90 Å². The van der Waals surface area contributed by atoms with E-state index in [2.05, 4.69) is 18.2 Å². The molecule has 0 radical (unpaired) electrons. The summed E-state index contributed by atoms with van der Waals surface area (Å²) < 4.78 is 12.6. The van der Waals surface area contributed by atoms with Crippen molar-refractivity contribution in [2.75, 3.05) is 6.26 Å². The van der Waals surface area contributed by atoms with Gasteiger partial charge in [-0.1, -0.05) is 49.4 Å². The molecule has 2 saturated heterocycles. The quantitative estimate of drug-likeness (QED) is 0.692. The molecule has 2 heterocycles. The highest BCUT2D eigenvalue weighted by atomic mass is 32.2. The van der Waals surface area contributed by atoms with E-state index in [9.17, 15) is 15.8 Å². The third kappa shape index (κ3) is 2.50. The molecule has 1 N–H and O–H groups in total. The van der Waals surface area contributed by atoms with E-state index in [0.29, 0.717) is 17.5 Å². The van der Waals surface area contributed by atoms with E-state index in [-0.39, 0.29) is 0 Å². The monoisotopic (exact) mass is 428 g/mol. The summed E-state index contributed by atoms with van der Waals surface area (Å²) in [5, 5.41) is 39.7. The third-order valence-corrected chi connectivity index (χ3v) is 7.18. The Morgan fingerprint density at radius 3 is 2.16 bits per heavy atom. The molecule has 0 spiro atoms. The Bertz CT molecular complexity index is 1130. The Hall–Kier alpha value is -3.31. The Kier molecular flexibility index (Phi) is 5.02. The molecule has 2 aromatic carbocycles. The Balaban J connectivity index is 2.03. The van der Waals surface area contributed by atoms with Crippen LogP contribution in [0.5, 0.6) is 0 Å². The van der Waals surface area contributed by atoms with Crippen LogP contribution in [0.15, 0.2) is 59.5 Å². The summed E-state index contributed by atoms with van der Waals surface area (Å²) in [6.45, 7) is 1.85. The molecule has 0 saturated carbocycles. The number of benzene rings is 2. The Morgan fingerprint density at radius 1 is 1.00 bits per heavy atom. The van der Waals surface area contributed by atoms with Crippen molar-refractivity contribution in [1.29, 1.82) is 21.2 Å². The number of nitriles is 3. The average molecular weight is 429 g/mol. The van der Waals surface area contributed by atoms with Gasteiger partial charge in [0.25, 0.3) is 0 Å². The van der Waals surface area contributed by atoms with Crippen molar-refractivity contribution >= 4 is 17.7 Å². The summed E-state index contributed by atoms with van der Waals surface area (Å²) in [6, 6.07) is 22.9. The highest BCUT2D eigenvalue weighted by Gasteiger charge is 2.80. The molecule has 4 atom stereocenters. The van der Waals surface area contributed by atoms with Crippen LogP contribution in [0.2, 0.25) is 0 Å². The van der Waals surface area contributed by atoms with Crippen LogP contribution in [0.3, 0.4) is 0 Å². The number of hydrogen-bond acceptors (Lipinski definition) is 7. The summed E-state index contributed by atoms with van der Waals surface area (Å²) in [4.78, 5) is 1.02. The van der Waals surface area contributed by atoms with E-state index in [1.807, 2.05) is 55.6 Å². The molecule has 2 aliphatic heterocycles. The van der Waals surface area contributed by atoms with Crippen LogP contribution in [0.25, 0.3) is 0 Å². The lowest BCUT2D eigenvalue weighted by atomic mass is 9.52. The zero-order valence-corrected chi connectivity index (χ0v) is 17.9. The second kappa shape index (κ2) is 7.43. The predicted octanol–water partition coefficient (Wildman–Crippen LogP) is 4.91. The minimum absolute atomic E-state index is 0.383. The molecule has 2 fully saturated rings. The second-order valence-corrected chi connectivity index (χ2v) is 8.53. The summed E-state index contributed by atoms with van der Waals surface area (Å²) >= 11 is 1.57. The van der Waals surface area contributed by atoms with Gasteiger partial charge < -0.3 is 9.47 Å². The highest BCUT2D eigenvalue weighted by Crippen LogP contribution is 2.69. The fourth-order valence-corrected chi connectivity index (χ4v) is 5.39. The van der Waals surface area contributed by atoms with Crippen LogP contribution in [-0.4, -0.2) is 12.2 Å². The lowest BCUT2D eigenvalue weighted by Gasteiger charge is -2.49. The normalized spacial score (nSPS) is 30.5. The van der Waals surface area contributed by atoms with E-state index in [4.69, 9.17) is 14.9 Å². The molecule has 2 aliphatic rings. The molecule has 2 aromatic rings. The molecule has 0 amide bonds. The van der Waals surface area contributed by atoms with Crippen molar-refractivity contribution in [2.24, 2.45) is 16.7 Å². The van der Waals surface area contributed by atoms with Crippen molar-refractivity contribution in [3.63, 3.8) is 0 Å². The fraction of sp³-hybridized carbons (Fsp3) is 0.333. The Morgan fingerprint density at radius 2 is 1.65 bits per heavy atom. The van der Waals surface area contributed by atoms with E-state index >= 15 is 0 Å². The first-order valence-electron chi connectivity index (χ1n) is 9.88. The number of hydrogen-bond donors (Lipinski definition) is 1. The number of thioether (sulfide) groups is 1. The maximum absolute atomic E-state index is 10.4. The van der Waals surface area contributed by atoms with Gasteiger partial charge in [-0.15, -0.1) is 11.8 Å². The molecule has 4 unspecified atom stereocenters. The van der Waals surface area contributed by atoms with Crippen molar-refractivity contribution in [1.82, 2.24) is 0 Å². The van der Waals surface area contributed by atoms with Crippen molar-refractivity contribution in [2.45, 2.75) is 30.1 Å². The van der Waals surface area contributed by atoms with Crippen LogP contribution >= 0.6 is 11.8 Å². The molecule has 154 valence electrons. The lowest BCUT2D eigenvalue weighted by molar-refractivity contribution is -0.292. The van der Waals surface area contributed by atoms with Gasteiger partial charge in [0.15, 0.2) is 5.41 Å². The maximum Gasteiger partial charge on any atom is 0.244 e. The molecule has 4 rings (SSSR count). The van der Waals surface area contributed by atoms with Crippen LogP contribution in [0, 0.1) is 56.2 Å². The first kappa shape index (κ1) is 20.9. The summed E-state index contributed by atoms with van der Waals surface area (Å²) in [5.74, 6) is -2.54. The zero-order chi connectivity index (χ0) is 22.3. The van der Waals surface area contributed by atoms with Gasteiger partial charge in [-0.2, -0.15) is 15.8 Å². The van der Waals surface area contributed by atoms with Gasteiger partial charge in [-0.25, -0.2) is 0 Å². The molecule has 6 nitrogen and oxygen atoms in total. The predicted molar refractivity (Wildman–Crippen MR) is 114 cm³/mol. The van der Waals surface area contributed by atoms with E-state index < -0.39 is 34.5 Å². The highest BCUT2D eigenvalue weighted by molar-refractivity contribution is 7.98. The van der Waals surface area contributed by atoms with Crippen molar-refractivity contribution in [3.05, 3.63) is 65.7 Å². The van der Waals surface area contributed by atoms with E-state index in [1.54, 1.807) is 23.9 Å². The lowest BCUT2D eigenvalue weighted by Crippen LogP contribution is -2.58. The van der Waals surface area contributed by atoms with Crippen LogP contribution in [0.1, 0.15) is 30.6 Å². The topological polar surface area (TPSA) is 114 Å². The van der Waals surface area contributed by atoms with Crippen LogP contribution in [-0.2, 0) is 15.3 Å². The fourth-order valence-electron chi connectivity index (χ4n) is 4.98. The van der Waals surface area contributed by atoms with Gasteiger partial charge in [-0.3, -0.25) is 5.41 Å². The summed E-state index contributed by atoms with van der Waals surface area (Å²) in [7, 11) is 0. The Labute approximate surface area is 185 Å².